The van der Waals surface area contributed by atoms with Crippen LogP contribution in [0.15, 0.2) is 24.3 Å². The van der Waals surface area contributed by atoms with E-state index in [1.165, 1.54) is 83.1 Å². The predicted molar refractivity (Wildman–Crippen MR) is 105 cm³/mol. The molecule has 2 aliphatic carbocycles. The minimum Gasteiger partial charge on any atom is -0.378 e. The van der Waals surface area contributed by atoms with Gasteiger partial charge in [0.2, 0.25) is 0 Å². The summed E-state index contributed by atoms with van der Waals surface area (Å²) in [5.74, 6) is 2.48. The summed E-state index contributed by atoms with van der Waals surface area (Å²) in [6.07, 6.45) is 24.3. The van der Waals surface area contributed by atoms with Crippen LogP contribution in [0.1, 0.15) is 84.0 Å². The van der Waals surface area contributed by atoms with Gasteiger partial charge < -0.3 is 4.74 Å². The zero-order valence-corrected chi connectivity index (χ0v) is 16.2. The number of nitriles is 1. The van der Waals surface area contributed by atoms with Crippen LogP contribution in [-0.4, -0.2) is 12.7 Å². The Balaban J connectivity index is 1.54. The second kappa shape index (κ2) is 12.3. The van der Waals surface area contributed by atoms with E-state index in [1.54, 1.807) is 0 Å². The Bertz CT molecular complexity index is 431. The topological polar surface area (TPSA) is 33.0 Å². The number of hydrogen-bond acceptors (Lipinski definition) is 2. The minimum absolute atomic E-state index is 0.488. The second-order valence-corrected chi connectivity index (χ2v) is 8.13. The van der Waals surface area contributed by atoms with Crippen LogP contribution in [0.2, 0.25) is 0 Å². The highest BCUT2D eigenvalue weighted by Gasteiger charge is 2.24. The number of unbranched alkanes of at least 4 members (excludes halogenated alkanes) is 2. The number of rotatable bonds is 9. The molecule has 0 spiro atoms. The molecule has 2 rings (SSSR count). The van der Waals surface area contributed by atoms with Gasteiger partial charge in [0, 0.05) is 12.7 Å². The average Bonchev–Trinajstić information content (AvgIpc) is 2.66. The molecular weight excluding hydrogens is 306 g/mol. The third-order valence-electron chi connectivity index (χ3n) is 6.13. The van der Waals surface area contributed by atoms with Gasteiger partial charge in [0.25, 0.3) is 0 Å². The lowest BCUT2D eigenvalue weighted by Crippen LogP contribution is -2.25. The standard InChI is InChI=1S/C23H37NO/c1-2-3-5-8-20-10-12-22(13-11-20)19-25-23-16-14-21(15-17-23)9-6-4-7-18-24/h4,6-7,9,20-23H,2-3,5,8,10-17,19H2,1H3/b7-4+,9-6+/t20-,21-,22-,23-. The normalized spacial score (nSPS) is 30.7. The summed E-state index contributed by atoms with van der Waals surface area (Å²) >= 11 is 0. The summed E-state index contributed by atoms with van der Waals surface area (Å²) < 4.78 is 6.27. The molecule has 2 aliphatic rings. The van der Waals surface area contributed by atoms with E-state index in [9.17, 15) is 0 Å². The van der Waals surface area contributed by atoms with Crippen LogP contribution < -0.4 is 0 Å². The summed E-state index contributed by atoms with van der Waals surface area (Å²) in [5, 5.41) is 8.48. The SMILES string of the molecule is CCCCC[C@H]1CC[C@H](CO[C@H]2CC[C@H](/C=C/C=C/C#N)CC2)CC1. The Labute approximate surface area is 155 Å². The van der Waals surface area contributed by atoms with Crippen molar-refractivity contribution in [1.29, 1.82) is 5.26 Å². The molecule has 25 heavy (non-hydrogen) atoms. The predicted octanol–water partition coefficient (Wildman–Crippen LogP) is 6.58. The number of hydrogen-bond donors (Lipinski definition) is 0. The van der Waals surface area contributed by atoms with E-state index in [0.29, 0.717) is 12.0 Å². The Kier molecular flexibility index (Phi) is 9.97. The monoisotopic (exact) mass is 343 g/mol. The summed E-state index contributed by atoms with van der Waals surface area (Å²) in [4.78, 5) is 0. The minimum atomic E-state index is 0.488. The summed E-state index contributed by atoms with van der Waals surface area (Å²) in [6, 6.07) is 2.02. The molecule has 0 aromatic carbocycles. The fourth-order valence-corrected chi connectivity index (χ4v) is 4.41. The molecule has 2 heteroatoms. The van der Waals surface area contributed by atoms with Crippen LogP contribution in [0.4, 0.5) is 0 Å². The number of ether oxygens (including phenoxy) is 1. The third-order valence-corrected chi connectivity index (χ3v) is 6.13. The summed E-state index contributed by atoms with van der Waals surface area (Å²) in [6.45, 7) is 3.29. The highest BCUT2D eigenvalue weighted by atomic mass is 16.5. The van der Waals surface area contributed by atoms with E-state index in [0.717, 1.165) is 18.4 Å². The first-order valence-corrected chi connectivity index (χ1v) is 10.7. The molecule has 0 atom stereocenters. The zero-order chi connectivity index (χ0) is 17.7. The largest absolute Gasteiger partial charge is 0.378 e. The summed E-state index contributed by atoms with van der Waals surface area (Å²) in [5.41, 5.74) is 0. The van der Waals surface area contributed by atoms with Gasteiger partial charge in [-0.1, -0.05) is 63.7 Å². The molecule has 2 fully saturated rings. The van der Waals surface area contributed by atoms with E-state index in [-0.39, 0.29) is 0 Å². The molecule has 0 aliphatic heterocycles. The van der Waals surface area contributed by atoms with Crippen LogP contribution in [0.25, 0.3) is 0 Å². The van der Waals surface area contributed by atoms with Crippen molar-refractivity contribution in [2.45, 2.75) is 90.1 Å². The van der Waals surface area contributed by atoms with Gasteiger partial charge in [-0.15, -0.1) is 0 Å². The van der Waals surface area contributed by atoms with Crippen molar-refractivity contribution in [2.24, 2.45) is 17.8 Å². The first-order valence-electron chi connectivity index (χ1n) is 10.7. The Hall–Kier alpha value is -1.07. The fraction of sp³-hybridized carbons (Fsp3) is 0.783. The van der Waals surface area contributed by atoms with E-state index in [2.05, 4.69) is 13.0 Å². The van der Waals surface area contributed by atoms with Gasteiger partial charge in [-0.3, -0.25) is 0 Å². The van der Waals surface area contributed by atoms with Crippen LogP contribution in [0, 0.1) is 29.1 Å². The van der Waals surface area contributed by atoms with E-state index in [1.807, 2.05) is 18.2 Å². The van der Waals surface area contributed by atoms with Gasteiger partial charge in [0.15, 0.2) is 0 Å². The van der Waals surface area contributed by atoms with Crippen molar-refractivity contribution >= 4 is 0 Å². The van der Waals surface area contributed by atoms with E-state index in [4.69, 9.17) is 10.00 Å². The lowest BCUT2D eigenvalue weighted by atomic mass is 9.80. The molecule has 0 radical (unpaired) electrons. The van der Waals surface area contributed by atoms with Crippen molar-refractivity contribution < 1.29 is 4.74 Å². The highest BCUT2D eigenvalue weighted by Crippen LogP contribution is 2.33. The lowest BCUT2D eigenvalue weighted by molar-refractivity contribution is -0.00663. The van der Waals surface area contributed by atoms with Gasteiger partial charge in [-0.2, -0.15) is 5.26 Å². The highest BCUT2D eigenvalue weighted by molar-refractivity contribution is 5.12. The maximum atomic E-state index is 8.48. The molecule has 0 aromatic rings. The molecule has 2 saturated carbocycles. The van der Waals surface area contributed by atoms with Crippen molar-refractivity contribution in [2.75, 3.05) is 6.61 Å². The van der Waals surface area contributed by atoms with Crippen molar-refractivity contribution in [3.8, 4) is 6.07 Å². The maximum absolute atomic E-state index is 8.48. The molecule has 0 bridgehead atoms. The quantitative estimate of drug-likeness (QED) is 0.269. The Morgan fingerprint density at radius 3 is 2.32 bits per heavy atom. The van der Waals surface area contributed by atoms with Gasteiger partial charge >= 0.3 is 0 Å². The lowest BCUT2D eigenvalue weighted by Gasteiger charge is -2.31. The van der Waals surface area contributed by atoms with Gasteiger partial charge in [-0.25, -0.2) is 0 Å². The van der Waals surface area contributed by atoms with Gasteiger partial charge in [0.1, 0.15) is 0 Å². The van der Waals surface area contributed by atoms with Crippen LogP contribution in [0.3, 0.4) is 0 Å². The molecule has 0 heterocycles. The molecule has 0 amide bonds. The van der Waals surface area contributed by atoms with E-state index < -0.39 is 0 Å². The van der Waals surface area contributed by atoms with E-state index >= 15 is 0 Å². The van der Waals surface area contributed by atoms with Gasteiger partial charge in [-0.05, 0) is 56.3 Å². The van der Waals surface area contributed by atoms with Crippen LogP contribution in [0.5, 0.6) is 0 Å². The van der Waals surface area contributed by atoms with Crippen molar-refractivity contribution in [3.05, 3.63) is 24.3 Å². The second-order valence-electron chi connectivity index (χ2n) is 8.13. The first kappa shape index (κ1) is 20.2. The Morgan fingerprint density at radius 2 is 1.64 bits per heavy atom. The van der Waals surface area contributed by atoms with Gasteiger partial charge in [0.05, 0.1) is 12.2 Å². The van der Waals surface area contributed by atoms with Crippen molar-refractivity contribution in [3.63, 3.8) is 0 Å². The van der Waals surface area contributed by atoms with Crippen LogP contribution >= 0.6 is 0 Å². The average molecular weight is 344 g/mol. The number of nitrogens with zero attached hydrogens (tertiary/aromatic N) is 1. The number of allylic oxidation sites excluding steroid dienone is 4. The molecule has 2 nitrogen and oxygen atoms in total. The summed E-state index contributed by atoms with van der Waals surface area (Å²) in [7, 11) is 0. The molecule has 0 N–H and O–H groups in total. The third kappa shape index (κ3) is 8.23. The smallest absolute Gasteiger partial charge is 0.0912 e. The molecule has 0 unspecified atom stereocenters. The molecule has 140 valence electrons. The van der Waals surface area contributed by atoms with Crippen LogP contribution in [-0.2, 0) is 4.74 Å². The first-order chi connectivity index (χ1) is 12.3. The van der Waals surface area contributed by atoms with Crippen molar-refractivity contribution in [1.82, 2.24) is 0 Å². The molecule has 0 aromatic heterocycles. The molecular formula is C23H37NO. The fourth-order valence-electron chi connectivity index (χ4n) is 4.41. The molecule has 0 saturated heterocycles. The maximum Gasteiger partial charge on any atom is 0.0912 e. The Morgan fingerprint density at radius 1 is 0.920 bits per heavy atom. The zero-order valence-electron chi connectivity index (χ0n) is 16.2.